The summed E-state index contributed by atoms with van der Waals surface area (Å²) < 4.78 is 0. The maximum Gasteiger partial charge on any atom is 0.0192 e. The van der Waals surface area contributed by atoms with E-state index >= 15 is 0 Å². The van der Waals surface area contributed by atoms with E-state index in [1.54, 1.807) is 0 Å². The van der Waals surface area contributed by atoms with Gasteiger partial charge < -0.3 is 5.32 Å². The molecule has 0 saturated carbocycles. The number of likely N-dealkylation sites (N-methyl/N-ethyl adjacent to an activating group) is 1. The van der Waals surface area contributed by atoms with Gasteiger partial charge in [0.25, 0.3) is 0 Å². The first-order valence-electron chi connectivity index (χ1n) is 6.08. The fourth-order valence-corrected chi connectivity index (χ4v) is 2.55. The zero-order chi connectivity index (χ0) is 10.6. The Balaban J connectivity index is 2.34. The van der Waals surface area contributed by atoms with Crippen LogP contribution in [-0.4, -0.2) is 37.1 Å². The van der Waals surface area contributed by atoms with Crippen molar-refractivity contribution in [3.63, 3.8) is 0 Å². The third-order valence-corrected chi connectivity index (χ3v) is 3.21. The molecule has 1 heterocycles. The van der Waals surface area contributed by atoms with Crippen LogP contribution in [0.3, 0.4) is 0 Å². The van der Waals surface area contributed by atoms with Gasteiger partial charge in [-0.3, -0.25) is 4.90 Å². The predicted molar refractivity (Wildman–Crippen MR) is 62.5 cm³/mol. The molecule has 0 amide bonds. The van der Waals surface area contributed by atoms with Crippen LogP contribution in [0.4, 0.5) is 0 Å². The first kappa shape index (κ1) is 12.0. The second-order valence-corrected chi connectivity index (χ2v) is 5.06. The molecule has 14 heavy (non-hydrogen) atoms. The van der Waals surface area contributed by atoms with Crippen LogP contribution in [-0.2, 0) is 0 Å². The number of nitrogens with one attached hydrogen (secondary N) is 1. The van der Waals surface area contributed by atoms with Crippen molar-refractivity contribution < 1.29 is 0 Å². The number of rotatable bonds is 4. The number of piperidine rings is 1. The van der Waals surface area contributed by atoms with Crippen molar-refractivity contribution in [2.75, 3.05) is 26.2 Å². The van der Waals surface area contributed by atoms with Crippen LogP contribution < -0.4 is 5.32 Å². The number of likely N-dealkylation sites (tertiary alicyclic amines) is 1. The third kappa shape index (κ3) is 3.58. The second kappa shape index (κ2) is 5.72. The van der Waals surface area contributed by atoms with Gasteiger partial charge in [-0.05, 0) is 31.7 Å². The van der Waals surface area contributed by atoms with Gasteiger partial charge >= 0.3 is 0 Å². The summed E-state index contributed by atoms with van der Waals surface area (Å²) in [4.78, 5) is 2.64. The van der Waals surface area contributed by atoms with E-state index in [0.717, 1.165) is 24.9 Å². The first-order valence-corrected chi connectivity index (χ1v) is 6.08. The van der Waals surface area contributed by atoms with E-state index in [9.17, 15) is 0 Å². The molecule has 84 valence electrons. The highest BCUT2D eigenvalue weighted by molar-refractivity contribution is 4.79. The van der Waals surface area contributed by atoms with Gasteiger partial charge in [-0.25, -0.2) is 0 Å². The zero-order valence-electron chi connectivity index (χ0n) is 10.2. The van der Waals surface area contributed by atoms with Gasteiger partial charge in [-0.2, -0.15) is 0 Å². The molecule has 3 atom stereocenters. The van der Waals surface area contributed by atoms with Crippen LogP contribution in [0.1, 0.15) is 34.1 Å². The Morgan fingerprint density at radius 2 is 1.86 bits per heavy atom. The average molecular weight is 198 g/mol. The average Bonchev–Trinajstić information content (AvgIpc) is 2.12. The smallest absolute Gasteiger partial charge is 0.0192 e. The molecule has 0 aromatic rings. The van der Waals surface area contributed by atoms with Crippen LogP contribution in [0.25, 0.3) is 0 Å². The normalized spacial score (nSPS) is 31.7. The first-order chi connectivity index (χ1) is 6.63. The Kier molecular flexibility index (Phi) is 4.90. The third-order valence-electron chi connectivity index (χ3n) is 3.21. The molecular formula is C12H26N2. The summed E-state index contributed by atoms with van der Waals surface area (Å²) in [7, 11) is 0. The zero-order valence-corrected chi connectivity index (χ0v) is 10.2. The number of nitrogens with zero attached hydrogens (tertiary/aromatic N) is 1. The lowest BCUT2D eigenvalue weighted by atomic mass is 9.91. The Morgan fingerprint density at radius 3 is 2.36 bits per heavy atom. The molecule has 3 unspecified atom stereocenters. The van der Waals surface area contributed by atoms with Crippen LogP contribution in [0.2, 0.25) is 0 Å². The van der Waals surface area contributed by atoms with E-state index in [2.05, 4.69) is 37.9 Å². The van der Waals surface area contributed by atoms with Crippen LogP contribution in [0.15, 0.2) is 0 Å². The fraction of sp³-hybridized carbons (Fsp3) is 1.00. The van der Waals surface area contributed by atoms with E-state index in [-0.39, 0.29) is 0 Å². The fourth-order valence-electron chi connectivity index (χ4n) is 2.55. The lowest BCUT2D eigenvalue weighted by Crippen LogP contribution is -2.47. The van der Waals surface area contributed by atoms with E-state index in [4.69, 9.17) is 0 Å². The minimum absolute atomic E-state index is 0.695. The summed E-state index contributed by atoms with van der Waals surface area (Å²) in [5, 5.41) is 3.43. The molecular weight excluding hydrogens is 172 g/mol. The highest BCUT2D eigenvalue weighted by atomic mass is 15.2. The molecule has 1 N–H and O–H groups in total. The highest BCUT2D eigenvalue weighted by Crippen LogP contribution is 2.22. The molecule has 1 aliphatic rings. The summed E-state index contributed by atoms with van der Waals surface area (Å²) in [6.07, 6.45) is 1.41. The van der Waals surface area contributed by atoms with Gasteiger partial charge in [-0.15, -0.1) is 0 Å². The van der Waals surface area contributed by atoms with Gasteiger partial charge in [0.05, 0.1) is 0 Å². The Bertz CT molecular complexity index is 148. The Labute approximate surface area is 89.1 Å². The summed E-state index contributed by atoms with van der Waals surface area (Å²) in [5.41, 5.74) is 0. The maximum atomic E-state index is 3.43. The van der Waals surface area contributed by atoms with Crippen molar-refractivity contribution >= 4 is 0 Å². The minimum atomic E-state index is 0.695. The molecule has 0 radical (unpaired) electrons. The maximum absolute atomic E-state index is 3.43. The molecule has 2 heteroatoms. The Morgan fingerprint density at radius 1 is 1.29 bits per heavy atom. The molecule has 1 aliphatic heterocycles. The lowest BCUT2D eigenvalue weighted by molar-refractivity contribution is 0.102. The summed E-state index contributed by atoms with van der Waals surface area (Å²) in [5.74, 6) is 1.76. The summed E-state index contributed by atoms with van der Waals surface area (Å²) in [6, 6.07) is 0.695. The number of hydrogen-bond acceptors (Lipinski definition) is 2. The molecule has 0 spiro atoms. The topological polar surface area (TPSA) is 15.3 Å². The SMILES string of the molecule is CCNCC(C)N1CC(C)CC(C)C1. The molecule has 0 aromatic heterocycles. The van der Waals surface area contributed by atoms with Crippen molar-refractivity contribution in [2.45, 2.75) is 40.2 Å². The molecule has 0 aliphatic carbocycles. The van der Waals surface area contributed by atoms with Crippen LogP contribution >= 0.6 is 0 Å². The molecule has 1 saturated heterocycles. The van der Waals surface area contributed by atoms with Crippen molar-refractivity contribution in [3.8, 4) is 0 Å². The van der Waals surface area contributed by atoms with Crippen molar-refractivity contribution in [3.05, 3.63) is 0 Å². The summed E-state index contributed by atoms with van der Waals surface area (Å²) in [6.45, 7) is 14.1. The monoisotopic (exact) mass is 198 g/mol. The van der Waals surface area contributed by atoms with Crippen LogP contribution in [0, 0.1) is 11.8 Å². The van der Waals surface area contributed by atoms with Crippen molar-refractivity contribution in [2.24, 2.45) is 11.8 Å². The van der Waals surface area contributed by atoms with E-state index in [1.165, 1.54) is 19.5 Å². The van der Waals surface area contributed by atoms with E-state index < -0.39 is 0 Å². The number of hydrogen-bond donors (Lipinski definition) is 1. The van der Waals surface area contributed by atoms with Gasteiger partial charge in [0.1, 0.15) is 0 Å². The van der Waals surface area contributed by atoms with Gasteiger partial charge in [-0.1, -0.05) is 20.8 Å². The Hall–Kier alpha value is -0.0800. The summed E-state index contributed by atoms with van der Waals surface area (Å²) >= 11 is 0. The standard InChI is InChI=1S/C12H26N2/c1-5-13-7-12(4)14-8-10(2)6-11(3)9-14/h10-13H,5-9H2,1-4H3. The van der Waals surface area contributed by atoms with Crippen molar-refractivity contribution in [1.29, 1.82) is 0 Å². The molecule has 1 rings (SSSR count). The second-order valence-electron chi connectivity index (χ2n) is 5.06. The van der Waals surface area contributed by atoms with Crippen LogP contribution in [0.5, 0.6) is 0 Å². The minimum Gasteiger partial charge on any atom is -0.315 e. The van der Waals surface area contributed by atoms with Gasteiger partial charge in [0, 0.05) is 25.7 Å². The molecule has 0 bridgehead atoms. The van der Waals surface area contributed by atoms with E-state index in [1.807, 2.05) is 0 Å². The predicted octanol–water partition coefficient (Wildman–Crippen LogP) is 1.96. The van der Waals surface area contributed by atoms with Gasteiger partial charge in [0.15, 0.2) is 0 Å². The highest BCUT2D eigenvalue weighted by Gasteiger charge is 2.24. The van der Waals surface area contributed by atoms with Gasteiger partial charge in [0.2, 0.25) is 0 Å². The molecule has 0 aromatic carbocycles. The molecule has 2 nitrogen and oxygen atoms in total. The molecule has 1 fully saturated rings. The lowest BCUT2D eigenvalue weighted by Gasteiger charge is -2.38. The van der Waals surface area contributed by atoms with Crippen molar-refractivity contribution in [1.82, 2.24) is 10.2 Å². The van der Waals surface area contributed by atoms with E-state index in [0.29, 0.717) is 6.04 Å². The quantitative estimate of drug-likeness (QED) is 0.743. The largest absolute Gasteiger partial charge is 0.315 e.